The van der Waals surface area contributed by atoms with Crippen LogP contribution in [-0.4, -0.2) is 43.0 Å². The Morgan fingerprint density at radius 1 is 0.976 bits per heavy atom. The summed E-state index contributed by atoms with van der Waals surface area (Å²) in [7, 11) is 0. The molecule has 0 radical (unpaired) electrons. The maximum absolute atomic E-state index is 13.8. The van der Waals surface area contributed by atoms with Gasteiger partial charge in [-0.1, -0.05) is 61.9 Å². The van der Waals surface area contributed by atoms with E-state index in [2.05, 4.69) is 15.5 Å². The molecule has 1 aliphatic rings. The van der Waals surface area contributed by atoms with E-state index < -0.39 is 12.1 Å². The molecule has 2 amide bonds. The number of hydrogen-bond acceptors (Lipinski definition) is 5. The van der Waals surface area contributed by atoms with E-state index in [9.17, 15) is 18.8 Å². The lowest BCUT2D eigenvalue weighted by Crippen LogP contribution is -2.52. The quantitative estimate of drug-likeness (QED) is 0.269. The van der Waals surface area contributed by atoms with Crippen molar-refractivity contribution in [2.24, 2.45) is 5.92 Å². The summed E-state index contributed by atoms with van der Waals surface area (Å²) in [6.07, 6.45) is 1.63. The van der Waals surface area contributed by atoms with Crippen molar-refractivity contribution >= 4 is 23.5 Å². The maximum Gasteiger partial charge on any atom is 0.306 e. The summed E-state index contributed by atoms with van der Waals surface area (Å²) in [6.45, 7) is 7.22. The number of benzene rings is 3. The zero-order valence-corrected chi connectivity index (χ0v) is 24.6. The molecular weight excluding hydrogens is 533 g/mol. The molecule has 0 saturated heterocycles. The van der Waals surface area contributed by atoms with Crippen molar-refractivity contribution in [2.75, 3.05) is 18.0 Å². The first-order valence-electron chi connectivity index (χ1n) is 14.6. The van der Waals surface area contributed by atoms with Gasteiger partial charge < -0.3 is 20.3 Å². The minimum absolute atomic E-state index is 0.117. The Morgan fingerprint density at radius 2 is 1.76 bits per heavy atom. The number of nitrogens with one attached hydrogen (secondary N) is 2. The number of halogens is 1. The van der Waals surface area contributed by atoms with Gasteiger partial charge in [0.1, 0.15) is 18.5 Å². The predicted molar refractivity (Wildman–Crippen MR) is 162 cm³/mol. The van der Waals surface area contributed by atoms with E-state index >= 15 is 0 Å². The second-order valence-electron chi connectivity index (χ2n) is 11.4. The lowest BCUT2D eigenvalue weighted by atomic mass is 10.0. The predicted octanol–water partition coefficient (Wildman–Crippen LogP) is 5.35. The maximum atomic E-state index is 13.8. The van der Waals surface area contributed by atoms with Crippen LogP contribution in [0, 0.1) is 18.7 Å². The second-order valence-corrected chi connectivity index (χ2v) is 11.4. The highest BCUT2D eigenvalue weighted by atomic mass is 19.1. The highest BCUT2D eigenvalue weighted by Gasteiger charge is 2.28. The molecule has 8 heteroatoms. The van der Waals surface area contributed by atoms with Gasteiger partial charge >= 0.3 is 5.97 Å². The molecule has 1 aliphatic heterocycles. The third-order valence-corrected chi connectivity index (χ3v) is 7.37. The van der Waals surface area contributed by atoms with Gasteiger partial charge in [0.25, 0.3) is 5.91 Å². The molecule has 222 valence electrons. The van der Waals surface area contributed by atoms with Crippen LogP contribution in [0.1, 0.15) is 60.2 Å². The first-order valence-corrected chi connectivity index (χ1v) is 14.6. The summed E-state index contributed by atoms with van der Waals surface area (Å²) >= 11 is 0. The molecule has 2 N–H and O–H groups in total. The Balaban J connectivity index is 1.45. The second kappa shape index (κ2) is 14.6. The largest absolute Gasteiger partial charge is 0.461 e. The summed E-state index contributed by atoms with van der Waals surface area (Å²) in [4.78, 5) is 41.4. The first-order chi connectivity index (χ1) is 20.2. The van der Waals surface area contributed by atoms with E-state index in [-0.39, 0.29) is 42.5 Å². The van der Waals surface area contributed by atoms with Gasteiger partial charge in [-0.25, -0.2) is 4.39 Å². The van der Waals surface area contributed by atoms with Gasteiger partial charge in [0, 0.05) is 36.8 Å². The minimum atomic E-state index is -0.745. The summed E-state index contributed by atoms with van der Waals surface area (Å²) in [5.41, 5.74) is 4.20. The fourth-order valence-electron chi connectivity index (χ4n) is 5.24. The van der Waals surface area contributed by atoms with Crippen LogP contribution >= 0.6 is 0 Å². The molecule has 3 aromatic carbocycles. The zero-order valence-electron chi connectivity index (χ0n) is 24.6. The average molecular weight is 574 g/mol. The Morgan fingerprint density at radius 3 is 2.50 bits per heavy atom. The number of rotatable bonds is 13. The number of anilines is 1. The van der Waals surface area contributed by atoms with E-state index in [1.165, 1.54) is 6.07 Å². The Kier molecular flexibility index (Phi) is 10.7. The molecule has 2 atom stereocenters. The van der Waals surface area contributed by atoms with E-state index in [0.717, 1.165) is 22.4 Å². The fourth-order valence-corrected chi connectivity index (χ4v) is 5.24. The molecule has 7 nitrogen and oxygen atoms in total. The third-order valence-electron chi connectivity index (χ3n) is 7.37. The van der Waals surface area contributed by atoms with E-state index in [0.29, 0.717) is 37.9 Å². The van der Waals surface area contributed by atoms with Crippen molar-refractivity contribution in [1.29, 1.82) is 0 Å². The summed E-state index contributed by atoms with van der Waals surface area (Å²) in [5.74, 6) is -1.08. The highest BCUT2D eigenvalue weighted by molar-refractivity contribution is 5.97. The standard InChI is InChI=1S/C34H40FN3O4/c1-23(2)18-30(37-33(40)27-11-7-8-24(3)19-27)34(41)36-29(13-15-32(39)42-22-25-9-5-4-6-10-25)21-38-17-16-26-20-28(35)12-14-31(26)38/h4-12,14,19-20,23,29-30H,13,15-18,21-22H2,1-3H3,(H,36,41)(H,37,40)/t29-,30?/m0/s1. The van der Waals surface area contributed by atoms with Gasteiger partial charge in [0.15, 0.2) is 0 Å². The van der Waals surface area contributed by atoms with Gasteiger partial charge in [0.05, 0.1) is 0 Å². The number of ether oxygens (including phenoxy) is 1. The Hall–Kier alpha value is -4.20. The van der Waals surface area contributed by atoms with Gasteiger partial charge in [-0.15, -0.1) is 0 Å². The molecule has 1 heterocycles. The fraction of sp³-hybridized carbons (Fsp3) is 0.382. The smallest absolute Gasteiger partial charge is 0.306 e. The van der Waals surface area contributed by atoms with Crippen LogP contribution in [0.25, 0.3) is 0 Å². The molecule has 0 aliphatic carbocycles. The minimum Gasteiger partial charge on any atom is -0.461 e. The molecule has 0 saturated carbocycles. The molecular formula is C34H40FN3O4. The molecule has 0 bridgehead atoms. The van der Waals surface area contributed by atoms with Crippen LogP contribution in [0.4, 0.5) is 10.1 Å². The van der Waals surface area contributed by atoms with Crippen LogP contribution in [0.2, 0.25) is 0 Å². The van der Waals surface area contributed by atoms with Gasteiger partial charge in [-0.3, -0.25) is 14.4 Å². The highest BCUT2D eigenvalue weighted by Crippen LogP contribution is 2.29. The molecule has 0 spiro atoms. The van der Waals surface area contributed by atoms with Crippen molar-refractivity contribution in [3.8, 4) is 0 Å². The lowest BCUT2D eigenvalue weighted by Gasteiger charge is -2.29. The number of hydrogen-bond donors (Lipinski definition) is 2. The van der Waals surface area contributed by atoms with Crippen molar-refractivity contribution < 1.29 is 23.5 Å². The van der Waals surface area contributed by atoms with E-state index in [1.54, 1.807) is 24.3 Å². The molecule has 4 rings (SSSR count). The van der Waals surface area contributed by atoms with Crippen LogP contribution < -0.4 is 15.5 Å². The van der Waals surface area contributed by atoms with Gasteiger partial charge in [-0.2, -0.15) is 0 Å². The average Bonchev–Trinajstić information content (AvgIpc) is 3.36. The summed E-state index contributed by atoms with van der Waals surface area (Å²) < 4.78 is 19.3. The number of aryl methyl sites for hydroxylation is 1. The van der Waals surface area contributed by atoms with Crippen molar-refractivity contribution in [3.63, 3.8) is 0 Å². The number of nitrogens with zero attached hydrogens (tertiary/aromatic N) is 1. The molecule has 0 aromatic heterocycles. The Bertz CT molecular complexity index is 1380. The SMILES string of the molecule is Cc1cccc(C(=O)NC(CC(C)C)C(=O)N[C@@H](CCC(=O)OCc2ccccc2)CN2CCc3cc(F)ccc32)c1. The van der Waals surface area contributed by atoms with E-state index in [1.807, 2.05) is 63.2 Å². The monoisotopic (exact) mass is 573 g/mol. The van der Waals surface area contributed by atoms with Crippen molar-refractivity contribution in [1.82, 2.24) is 10.6 Å². The molecule has 0 fully saturated rings. The normalized spacial score (nSPS) is 13.8. The van der Waals surface area contributed by atoms with Crippen LogP contribution in [0.15, 0.2) is 72.8 Å². The summed E-state index contributed by atoms with van der Waals surface area (Å²) in [5, 5.41) is 6.03. The third kappa shape index (κ3) is 8.90. The van der Waals surface area contributed by atoms with Crippen LogP contribution in [0.5, 0.6) is 0 Å². The molecule has 42 heavy (non-hydrogen) atoms. The van der Waals surface area contributed by atoms with Crippen molar-refractivity contribution in [3.05, 3.63) is 101 Å². The molecule has 3 aromatic rings. The van der Waals surface area contributed by atoms with Gasteiger partial charge in [0.2, 0.25) is 5.91 Å². The number of fused-ring (bicyclic) bond motifs is 1. The Labute approximate surface area is 247 Å². The van der Waals surface area contributed by atoms with Crippen LogP contribution in [-0.2, 0) is 27.4 Å². The number of carbonyl (C=O) groups excluding carboxylic acids is 3. The zero-order chi connectivity index (χ0) is 30.1. The number of amides is 2. The molecule has 1 unspecified atom stereocenters. The van der Waals surface area contributed by atoms with Crippen molar-refractivity contribution in [2.45, 2.75) is 65.1 Å². The first kappa shape index (κ1) is 30.8. The topological polar surface area (TPSA) is 87.7 Å². The number of carbonyl (C=O) groups is 3. The van der Waals surface area contributed by atoms with Gasteiger partial charge in [-0.05, 0) is 73.6 Å². The van der Waals surface area contributed by atoms with Crippen LogP contribution in [0.3, 0.4) is 0 Å². The lowest BCUT2D eigenvalue weighted by molar-refractivity contribution is -0.145. The number of esters is 1. The summed E-state index contributed by atoms with van der Waals surface area (Å²) in [6, 6.07) is 20.3. The van der Waals surface area contributed by atoms with E-state index in [4.69, 9.17) is 4.74 Å².